The Morgan fingerprint density at radius 2 is 1.82 bits per heavy atom. The lowest BCUT2D eigenvalue weighted by atomic mass is 9.96. The molecule has 1 aliphatic rings. The van der Waals surface area contributed by atoms with E-state index in [0.717, 1.165) is 11.3 Å². The molecule has 1 aromatic heterocycles. The maximum absolute atomic E-state index is 13.7. The third-order valence-electron chi connectivity index (χ3n) is 6.04. The van der Waals surface area contributed by atoms with E-state index in [1.807, 2.05) is 30.3 Å². The molecule has 0 fully saturated rings. The van der Waals surface area contributed by atoms with E-state index in [9.17, 15) is 19.1 Å². The van der Waals surface area contributed by atoms with Crippen LogP contribution in [0, 0.1) is 5.82 Å². The van der Waals surface area contributed by atoms with Crippen molar-refractivity contribution in [2.24, 2.45) is 15.2 Å². The van der Waals surface area contributed by atoms with Gasteiger partial charge in [-0.05, 0) is 68.0 Å². The van der Waals surface area contributed by atoms with Crippen LogP contribution in [-0.2, 0) is 9.53 Å². The molecule has 0 saturated carbocycles. The monoisotopic (exact) mass is 542 g/mol. The molecule has 39 heavy (non-hydrogen) atoms. The molecule has 1 N–H and O–H groups in total. The number of phenols is 1. The zero-order chi connectivity index (χ0) is 27.5. The summed E-state index contributed by atoms with van der Waals surface area (Å²) in [4.78, 5) is 31.5. The zero-order valence-electron chi connectivity index (χ0n) is 21.0. The second-order valence-corrected chi connectivity index (χ2v) is 9.64. The Hall–Kier alpha value is -4.70. The molecule has 0 saturated heterocycles. The number of benzene rings is 3. The first-order valence-corrected chi connectivity index (χ1v) is 12.9. The van der Waals surface area contributed by atoms with Crippen LogP contribution in [0.2, 0.25) is 0 Å². The predicted octanol–water partition coefficient (Wildman–Crippen LogP) is 5.06. The Kier molecular flexibility index (Phi) is 7.29. The van der Waals surface area contributed by atoms with E-state index in [-0.39, 0.29) is 22.5 Å². The van der Waals surface area contributed by atoms with Crippen LogP contribution in [0.1, 0.15) is 31.0 Å². The van der Waals surface area contributed by atoms with Gasteiger partial charge in [0, 0.05) is 5.56 Å². The highest BCUT2D eigenvalue weighted by Crippen LogP contribution is 2.31. The number of carbonyl (C=O) groups is 1. The van der Waals surface area contributed by atoms with Gasteiger partial charge >= 0.3 is 5.97 Å². The van der Waals surface area contributed by atoms with E-state index in [1.165, 1.54) is 34.9 Å². The predicted molar refractivity (Wildman–Crippen MR) is 146 cm³/mol. The zero-order valence-corrected chi connectivity index (χ0v) is 21.9. The molecular formula is C29H23FN4O4S. The van der Waals surface area contributed by atoms with E-state index in [2.05, 4.69) is 15.2 Å². The van der Waals surface area contributed by atoms with Gasteiger partial charge in [-0.1, -0.05) is 41.7 Å². The first-order valence-electron chi connectivity index (χ1n) is 12.1. The Morgan fingerprint density at radius 1 is 1.10 bits per heavy atom. The van der Waals surface area contributed by atoms with Crippen LogP contribution in [0.25, 0.3) is 6.08 Å². The number of phenolic OH excluding ortho intramolecular Hbond substituents is 1. The van der Waals surface area contributed by atoms with Crippen molar-refractivity contribution < 1.29 is 19.0 Å². The Labute approximate surface area is 226 Å². The molecule has 5 rings (SSSR count). The van der Waals surface area contributed by atoms with Gasteiger partial charge in [0.15, 0.2) is 4.80 Å². The molecule has 3 aromatic carbocycles. The van der Waals surface area contributed by atoms with E-state index in [4.69, 9.17) is 4.74 Å². The van der Waals surface area contributed by atoms with Crippen molar-refractivity contribution in [2.75, 3.05) is 6.61 Å². The highest BCUT2D eigenvalue weighted by Gasteiger charge is 2.33. The number of ether oxygens (including phenoxy) is 1. The third-order valence-corrected chi connectivity index (χ3v) is 7.02. The number of aromatic hydroxyl groups is 1. The van der Waals surface area contributed by atoms with Gasteiger partial charge in [0.25, 0.3) is 5.56 Å². The topological polar surface area (TPSA) is 106 Å². The van der Waals surface area contributed by atoms with Crippen molar-refractivity contribution in [1.29, 1.82) is 0 Å². The van der Waals surface area contributed by atoms with Gasteiger partial charge in [-0.2, -0.15) is 10.2 Å². The number of fused-ring (bicyclic) bond motifs is 1. The first-order chi connectivity index (χ1) is 18.9. The van der Waals surface area contributed by atoms with Gasteiger partial charge in [-0.3, -0.25) is 9.36 Å². The summed E-state index contributed by atoms with van der Waals surface area (Å²) >= 11 is 1.12. The highest BCUT2D eigenvalue weighted by molar-refractivity contribution is 7.07. The lowest BCUT2D eigenvalue weighted by Gasteiger charge is -2.24. The van der Waals surface area contributed by atoms with Crippen LogP contribution in [0.4, 0.5) is 15.8 Å². The van der Waals surface area contributed by atoms with Crippen molar-refractivity contribution in [3.63, 3.8) is 0 Å². The molecule has 4 aromatic rings. The number of carbonyl (C=O) groups excluding carboxylic acids is 1. The molecule has 0 spiro atoms. The van der Waals surface area contributed by atoms with Crippen molar-refractivity contribution in [1.82, 2.24) is 4.57 Å². The summed E-state index contributed by atoms with van der Waals surface area (Å²) in [5.74, 6) is -1.08. The van der Waals surface area contributed by atoms with Gasteiger partial charge in [0.05, 0.1) is 39.8 Å². The van der Waals surface area contributed by atoms with Gasteiger partial charge in [-0.25, -0.2) is 14.2 Å². The summed E-state index contributed by atoms with van der Waals surface area (Å²) < 4.78 is 20.7. The number of thiazole rings is 1. The van der Waals surface area contributed by atoms with E-state index >= 15 is 0 Å². The van der Waals surface area contributed by atoms with Gasteiger partial charge < -0.3 is 9.84 Å². The van der Waals surface area contributed by atoms with Crippen molar-refractivity contribution in [2.45, 2.75) is 19.9 Å². The van der Waals surface area contributed by atoms with Crippen molar-refractivity contribution in [3.05, 3.63) is 121 Å². The lowest BCUT2D eigenvalue weighted by Crippen LogP contribution is -2.39. The average molecular weight is 543 g/mol. The minimum Gasteiger partial charge on any atom is -0.507 e. The largest absolute Gasteiger partial charge is 0.507 e. The summed E-state index contributed by atoms with van der Waals surface area (Å²) in [7, 11) is 0. The Balaban J connectivity index is 1.62. The normalized spacial score (nSPS) is 15.4. The summed E-state index contributed by atoms with van der Waals surface area (Å²) in [6.07, 6.45) is 1.55. The number of nitrogens with zero attached hydrogens (tertiary/aromatic N) is 4. The van der Waals surface area contributed by atoms with Crippen molar-refractivity contribution in [3.8, 4) is 5.75 Å². The fourth-order valence-corrected chi connectivity index (χ4v) is 5.26. The molecule has 10 heteroatoms. The standard InChI is InChI=1S/C29H23FN4O4S/c1-3-38-28(37)25-17(2)31-29-34(26(25)18-9-11-20(30)12-10-18)27(36)24(39-29)16-19-15-22(13-14-23(19)35)33-32-21-7-5-4-6-8-21/h4-16,26,35H,3H2,1-2H3/b24-16-,33-32?/t26-/m0/s1. The molecule has 1 atom stereocenters. The number of esters is 1. The molecule has 0 amide bonds. The Morgan fingerprint density at radius 3 is 2.54 bits per heavy atom. The SMILES string of the molecule is CCOC(=O)C1=C(C)N=c2s/c(=C\c3cc(N=Nc4ccccc4)ccc3O)c(=O)n2[C@H]1c1ccc(F)cc1. The summed E-state index contributed by atoms with van der Waals surface area (Å²) in [5.41, 5.74) is 2.25. The Bertz CT molecular complexity index is 1790. The number of rotatable bonds is 6. The number of hydrogen-bond acceptors (Lipinski definition) is 8. The van der Waals surface area contributed by atoms with Crippen LogP contribution in [0.15, 0.2) is 104 Å². The smallest absolute Gasteiger partial charge is 0.338 e. The van der Waals surface area contributed by atoms with E-state index < -0.39 is 23.4 Å². The number of aromatic nitrogens is 1. The highest BCUT2D eigenvalue weighted by atomic mass is 32.1. The first kappa shape index (κ1) is 25.9. The maximum Gasteiger partial charge on any atom is 0.338 e. The number of allylic oxidation sites excluding steroid dienone is 1. The number of halogens is 1. The molecule has 0 unspecified atom stereocenters. The third kappa shape index (κ3) is 5.32. The van der Waals surface area contributed by atoms with Crippen molar-refractivity contribution >= 4 is 34.8 Å². The molecule has 2 heterocycles. The summed E-state index contributed by atoms with van der Waals surface area (Å²) in [6.45, 7) is 3.51. The van der Waals surface area contributed by atoms with Crippen LogP contribution in [0.5, 0.6) is 5.75 Å². The van der Waals surface area contributed by atoms with Crippen LogP contribution in [0.3, 0.4) is 0 Å². The van der Waals surface area contributed by atoms with Gasteiger partial charge in [0.2, 0.25) is 0 Å². The molecular weight excluding hydrogens is 519 g/mol. The quantitative estimate of drug-likeness (QED) is 0.272. The average Bonchev–Trinajstić information content (AvgIpc) is 3.23. The fraction of sp³-hybridized carbons (Fsp3) is 0.138. The number of hydrogen-bond donors (Lipinski definition) is 1. The van der Waals surface area contributed by atoms with Crippen LogP contribution < -0.4 is 14.9 Å². The van der Waals surface area contributed by atoms with E-state index in [1.54, 1.807) is 32.1 Å². The van der Waals surface area contributed by atoms with Gasteiger partial charge in [0.1, 0.15) is 11.6 Å². The second kappa shape index (κ2) is 11.0. The second-order valence-electron chi connectivity index (χ2n) is 8.63. The summed E-state index contributed by atoms with van der Waals surface area (Å²) in [6, 6.07) is 18.7. The van der Waals surface area contributed by atoms with Gasteiger partial charge in [-0.15, -0.1) is 0 Å². The fourth-order valence-electron chi connectivity index (χ4n) is 4.22. The molecule has 1 aliphatic heterocycles. The summed E-state index contributed by atoms with van der Waals surface area (Å²) in [5, 5.41) is 18.9. The molecule has 0 bridgehead atoms. The number of azo groups is 1. The van der Waals surface area contributed by atoms with E-state index in [0.29, 0.717) is 33.0 Å². The lowest BCUT2D eigenvalue weighted by molar-refractivity contribution is -0.139. The maximum atomic E-state index is 13.7. The van der Waals surface area contributed by atoms with Crippen LogP contribution >= 0.6 is 11.3 Å². The molecule has 196 valence electrons. The molecule has 0 radical (unpaired) electrons. The minimum absolute atomic E-state index is 0.0435. The van der Waals surface area contributed by atoms with Crippen LogP contribution in [-0.4, -0.2) is 22.2 Å². The minimum atomic E-state index is -0.859. The molecule has 0 aliphatic carbocycles. The molecule has 8 nitrogen and oxygen atoms in total.